The predicted octanol–water partition coefficient (Wildman–Crippen LogP) is 2.51. The van der Waals surface area contributed by atoms with Crippen molar-refractivity contribution in [3.05, 3.63) is 76.9 Å². The van der Waals surface area contributed by atoms with Gasteiger partial charge in [0.15, 0.2) is 0 Å². The first-order valence-corrected chi connectivity index (χ1v) is 14.1. The summed E-state index contributed by atoms with van der Waals surface area (Å²) in [6.45, 7) is 5.34. The minimum absolute atomic E-state index is 0. The molecule has 1 N–H and O–H groups in total. The number of rotatable bonds is 7. The number of nitrogens with zero attached hydrogens (tertiary/aromatic N) is 1. The van der Waals surface area contributed by atoms with Crippen molar-refractivity contribution in [3.63, 3.8) is 0 Å². The molecule has 6 nitrogen and oxygen atoms in total. The molecule has 0 aromatic heterocycles. The van der Waals surface area contributed by atoms with Crippen LogP contribution in [0.1, 0.15) is 84.3 Å². The average Bonchev–Trinajstić information content (AvgIpc) is 3.37. The molecule has 204 valence electrons. The Bertz CT molecular complexity index is 1400. The summed E-state index contributed by atoms with van der Waals surface area (Å²) in [4.78, 5) is 40.8. The predicted molar refractivity (Wildman–Crippen MR) is 152 cm³/mol. The summed E-state index contributed by atoms with van der Waals surface area (Å²) in [7, 11) is 0. The van der Waals surface area contributed by atoms with Gasteiger partial charge >= 0.3 is 29.6 Å². The van der Waals surface area contributed by atoms with Gasteiger partial charge in [0.1, 0.15) is 0 Å². The third-order valence-electron chi connectivity index (χ3n) is 8.86. The maximum atomic E-state index is 13.7. The van der Waals surface area contributed by atoms with Crippen LogP contribution in [0.3, 0.4) is 0 Å². The number of hydrogen-bond acceptors (Lipinski definition) is 4. The Morgan fingerprint density at radius 3 is 2.30 bits per heavy atom. The number of carbonyl (C=O) groups is 3. The molecule has 0 unspecified atom stereocenters. The number of carboxylic acid groups (broad SMARTS) is 1. The van der Waals surface area contributed by atoms with Gasteiger partial charge in [-0.3, -0.25) is 9.59 Å². The number of carbonyl (C=O) groups excluding carboxylic acids is 3. The smallest absolute Gasteiger partial charge is 0.550 e. The van der Waals surface area contributed by atoms with Crippen molar-refractivity contribution in [3.8, 4) is 0 Å². The quantitative estimate of drug-likeness (QED) is 0.460. The molecule has 2 aliphatic rings. The molecule has 1 saturated heterocycles. The van der Waals surface area contributed by atoms with E-state index in [1.807, 2.05) is 73.3 Å². The van der Waals surface area contributed by atoms with Crippen molar-refractivity contribution in [1.82, 2.24) is 4.90 Å². The fourth-order valence-corrected chi connectivity index (χ4v) is 6.80. The molecule has 1 aliphatic carbocycles. The topological polar surface area (TPSA) is 89.5 Å². The van der Waals surface area contributed by atoms with Gasteiger partial charge in [-0.25, -0.2) is 0 Å². The Hall–Kier alpha value is -2.67. The van der Waals surface area contributed by atoms with Crippen molar-refractivity contribution >= 4 is 34.2 Å². The molecular formula is C33H37N2NaO4. The average molecular weight is 549 g/mol. The van der Waals surface area contributed by atoms with E-state index in [1.165, 1.54) is 25.7 Å². The monoisotopic (exact) mass is 548 g/mol. The van der Waals surface area contributed by atoms with Crippen LogP contribution in [-0.4, -0.2) is 35.8 Å². The van der Waals surface area contributed by atoms with Crippen LogP contribution in [0.15, 0.2) is 54.6 Å². The van der Waals surface area contributed by atoms with Crippen LogP contribution in [-0.2, 0) is 9.59 Å². The molecule has 1 spiro atoms. The number of likely N-dealkylation sites (tertiary alicyclic amines) is 1. The molecule has 5 rings (SSSR count). The van der Waals surface area contributed by atoms with Gasteiger partial charge in [-0.05, 0) is 90.8 Å². The zero-order valence-corrected chi connectivity index (χ0v) is 25.9. The van der Waals surface area contributed by atoms with Gasteiger partial charge in [0.2, 0.25) is 5.91 Å². The Balaban J connectivity index is 0.00000370. The number of piperidine rings is 1. The van der Waals surface area contributed by atoms with E-state index in [0.29, 0.717) is 16.7 Å². The summed E-state index contributed by atoms with van der Waals surface area (Å²) in [5.74, 6) is -2.13. The van der Waals surface area contributed by atoms with E-state index in [1.54, 1.807) is 0 Å². The number of nitrogens with one attached hydrogen (secondary N) is 1. The van der Waals surface area contributed by atoms with Crippen molar-refractivity contribution < 1.29 is 49.0 Å². The summed E-state index contributed by atoms with van der Waals surface area (Å²) in [6, 6.07) is 17.3. The fourth-order valence-electron chi connectivity index (χ4n) is 6.80. The molecule has 7 heteroatoms. The number of aryl methyl sites for hydroxylation is 2. The number of fused-ring (bicyclic) bond motifs is 1. The molecule has 2 fully saturated rings. The van der Waals surface area contributed by atoms with E-state index in [2.05, 4.69) is 5.32 Å². The Morgan fingerprint density at radius 1 is 0.925 bits per heavy atom. The second-order valence-corrected chi connectivity index (χ2v) is 11.6. The van der Waals surface area contributed by atoms with E-state index in [-0.39, 0.29) is 54.2 Å². The molecule has 2 amide bonds. The zero-order chi connectivity index (χ0) is 27.6. The number of aliphatic carboxylic acids is 1. The van der Waals surface area contributed by atoms with Gasteiger partial charge in [0.25, 0.3) is 5.91 Å². The Morgan fingerprint density at radius 2 is 1.60 bits per heavy atom. The van der Waals surface area contributed by atoms with Crippen molar-refractivity contribution in [2.75, 3.05) is 18.4 Å². The van der Waals surface area contributed by atoms with Crippen molar-refractivity contribution in [1.29, 1.82) is 0 Å². The number of benzene rings is 3. The van der Waals surface area contributed by atoms with E-state index >= 15 is 0 Å². The second kappa shape index (κ2) is 12.9. The normalized spacial score (nSPS) is 16.9. The van der Waals surface area contributed by atoms with Gasteiger partial charge in [-0.1, -0.05) is 61.4 Å². The van der Waals surface area contributed by atoms with Crippen molar-refractivity contribution in [2.24, 2.45) is 5.41 Å². The zero-order valence-electron chi connectivity index (χ0n) is 23.9. The second-order valence-electron chi connectivity index (χ2n) is 11.6. The number of amides is 2. The van der Waals surface area contributed by atoms with Crippen LogP contribution < -0.4 is 40.0 Å². The summed E-state index contributed by atoms with van der Waals surface area (Å²) in [5, 5.41) is 16.6. The van der Waals surface area contributed by atoms with Gasteiger partial charge in [-0.2, -0.15) is 0 Å². The van der Waals surface area contributed by atoms with Crippen LogP contribution in [0, 0.1) is 19.3 Å². The SMILES string of the molecule is Cc1cc(C)c(NC(=O)C[C@H](CC(=O)[O-])c2cccc3ccccc23)c(C(=O)N2CCC3(CCCC3)CC2)c1.[Na+]. The third kappa shape index (κ3) is 6.62. The van der Waals surface area contributed by atoms with E-state index < -0.39 is 11.9 Å². The molecule has 40 heavy (non-hydrogen) atoms. The first-order valence-electron chi connectivity index (χ1n) is 14.1. The molecule has 3 aromatic carbocycles. The van der Waals surface area contributed by atoms with E-state index in [4.69, 9.17) is 0 Å². The molecule has 0 bridgehead atoms. The summed E-state index contributed by atoms with van der Waals surface area (Å²) in [5.41, 5.74) is 4.01. The molecule has 0 radical (unpaired) electrons. The molecular weight excluding hydrogens is 511 g/mol. The van der Waals surface area contributed by atoms with Crippen LogP contribution in [0.2, 0.25) is 0 Å². The molecule has 1 heterocycles. The van der Waals surface area contributed by atoms with Crippen LogP contribution in [0.4, 0.5) is 5.69 Å². The summed E-state index contributed by atoms with van der Waals surface area (Å²) >= 11 is 0. The first kappa shape index (κ1) is 30.3. The van der Waals surface area contributed by atoms with Gasteiger partial charge < -0.3 is 20.1 Å². The van der Waals surface area contributed by atoms with Gasteiger partial charge in [0, 0.05) is 25.5 Å². The third-order valence-corrected chi connectivity index (χ3v) is 8.86. The van der Waals surface area contributed by atoms with E-state index in [0.717, 1.165) is 53.4 Å². The van der Waals surface area contributed by atoms with Gasteiger partial charge in [-0.15, -0.1) is 0 Å². The molecule has 1 saturated carbocycles. The maximum absolute atomic E-state index is 13.7. The van der Waals surface area contributed by atoms with E-state index in [9.17, 15) is 19.5 Å². The van der Waals surface area contributed by atoms with Crippen molar-refractivity contribution in [2.45, 2.75) is 71.1 Å². The maximum Gasteiger partial charge on any atom is 1.00 e. The minimum Gasteiger partial charge on any atom is -0.550 e. The number of hydrogen-bond donors (Lipinski definition) is 1. The number of carboxylic acids is 1. The van der Waals surface area contributed by atoms with Crippen LogP contribution in [0.25, 0.3) is 10.8 Å². The molecule has 3 aromatic rings. The Labute approximate surface area is 258 Å². The molecule has 1 aliphatic heterocycles. The minimum atomic E-state index is -1.20. The van der Waals surface area contributed by atoms with Crippen LogP contribution >= 0.6 is 0 Å². The molecule has 1 atom stereocenters. The summed E-state index contributed by atoms with van der Waals surface area (Å²) < 4.78 is 0. The summed E-state index contributed by atoms with van der Waals surface area (Å²) in [6.07, 6.45) is 6.90. The fraction of sp³-hybridized carbons (Fsp3) is 0.424. The first-order chi connectivity index (χ1) is 18.7. The van der Waals surface area contributed by atoms with Gasteiger partial charge in [0.05, 0.1) is 11.3 Å². The largest absolute Gasteiger partial charge is 1.00 e. The number of anilines is 1. The van der Waals surface area contributed by atoms with Crippen LogP contribution in [0.5, 0.6) is 0 Å². The standard InChI is InChI=1S/C33H38N2O4.Na/c1-22-18-23(2)31(28(19-22)32(39)35-16-14-33(15-17-35)12-5-6-13-33)34-29(36)20-25(21-30(37)38)27-11-7-9-24-8-3-4-10-26(24)27;/h3-4,7-11,18-19,25H,5-6,12-17,20-21H2,1-2H3,(H,34,36)(H,37,38);/q;+1/p-1/t25-;/m1./s1. The Kier molecular flexibility index (Phi) is 9.76.